The van der Waals surface area contributed by atoms with Gasteiger partial charge in [-0.15, -0.1) is 0 Å². The largest absolute Gasteiger partial charge is 0.349 e. The van der Waals surface area contributed by atoms with Gasteiger partial charge in [-0.3, -0.25) is 4.79 Å². The van der Waals surface area contributed by atoms with Crippen LogP contribution in [0.5, 0.6) is 0 Å². The van der Waals surface area contributed by atoms with E-state index in [0.717, 1.165) is 37.0 Å². The number of rotatable bonds is 6. The molecule has 0 aromatic heterocycles. The Morgan fingerprint density at radius 1 is 1.11 bits per heavy atom. The lowest BCUT2D eigenvalue weighted by Gasteiger charge is -2.26. The topological polar surface area (TPSA) is 75.3 Å². The summed E-state index contributed by atoms with van der Waals surface area (Å²) in [6.45, 7) is -0.137. The SMILES string of the molecule is O=C(CCNS(=O)(=O)c1ccc(F)c(F)c1)NC1CCCc2ccccc21. The molecule has 0 bridgehead atoms. The van der Waals surface area contributed by atoms with Crippen molar-refractivity contribution >= 4 is 15.9 Å². The Kier molecular flexibility index (Phi) is 5.86. The van der Waals surface area contributed by atoms with Crippen molar-refractivity contribution in [3.63, 3.8) is 0 Å². The van der Waals surface area contributed by atoms with Gasteiger partial charge in [0.2, 0.25) is 15.9 Å². The lowest BCUT2D eigenvalue weighted by molar-refractivity contribution is -0.121. The van der Waals surface area contributed by atoms with Crippen molar-refractivity contribution in [3.05, 3.63) is 65.2 Å². The predicted octanol–water partition coefficient (Wildman–Crippen LogP) is 2.83. The van der Waals surface area contributed by atoms with Crippen molar-refractivity contribution in [2.75, 3.05) is 6.54 Å². The molecule has 0 aliphatic heterocycles. The average Bonchev–Trinajstić information content (AvgIpc) is 2.64. The second kappa shape index (κ2) is 8.14. The van der Waals surface area contributed by atoms with Crippen molar-refractivity contribution in [2.45, 2.75) is 36.6 Å². The molecule has 2 aromatic carbocycles. The van der Waals surface area contributed by atoms with Crippen LogP contribution in [0.2, 0.25) is 0 Å². The number of benzene rings is 2. The summed E-state index contributed by atoms with van der Waals surface area (Å²) in [7, 11) is -4.01. The van der Waals surface area contributed by atoms with Crippen LogP contribution >= 0.6 is 0 Å². The number of amides is 1. The number of hydrogen-bond acceptors (Lipinski definition) is 3. The Morgan fingerprint density at radius 2 is 1.89 bits per heavy atom. The number of aryl methyl sites for hydroxylation is 1. The van der Waals surface area contributed by atoms with Gasteiger partial charge in [-0.25, -0.2) is 21.9 Å². The van der Waals surface area contributed by atoms with Gasteiger partial charge in [-0.1, -0.05) is 24.3 Å². The maximum absolute atomic E-state index is 13.2. The summed E-state index contributed by atoms with van der Waals surface area (Å²) in [5.41, 5.74) is 2.31. The van der Waals surface area contributed by atoms with E-state index in [2.05, 4.69) is 10.0 Å². The standard InChI is InChI=1S/C19H20F2N2O3S/c20-16-9-8-14(12-17(16)21)27(25,26)22-11-10-19(24)23-18-7-3-5-13-4-1-2-6-15(13)18/h1-2,4,6,8-9,12,18,22H,3,5,7,10-11H2,(H,23,24). The molecule has 0 fully saturated rings. The van der Waals surface area contributed by atoms with Crippen LogP contribution in [0.4, 0.5) is 8.78 Å². The summed E-state index contributed by atoms with van der Waals surface area (Å²) < 4.78 is 52.6. The summed E-state index contributed by atoms with van der Waals surface area (Å²) in [5, 5.41) is 2.93. The Balaban J connectivity index is 1.55. The van der Waals surface area contributed by atoms with Crippen molar-refractivity contribution in [1.29, 1.82) is 0 Å². The quantitative estimate of drug-likeness (QED) is 0.791. The molecular formula is C19H20F2N2O3S. The number of sulfonamides is 1. The molecule has 2 aromatic rings. The monoisotopic (exact) mass is 394 g/mol. The molecule has 27 heavy (non-hydrogen) atoms. The highest BCUT2D eigenvalue weighted by Gasteiger charge is 2.22. The van der Waals surface area contributed by atoms with Crippen LogP contribution in [0.3, 0.4) is 0 Å². The fourth-order valence-electron chi connectivity index (χ4n) is 3.20. The zero-order valence-electron chi connectivity index (χ0n) is 14.5. The van der Waals surface area contributed by atoms with Gasteiger partial charge in [0.15, 0.2) is 11.6 Å². The molecule has 1 unspecified atom stereocenters. The highest BCUT2D eigenvalue weighted by molar-refractivity contribution is 7.89. The van der Waals surface area contributed by atoms with E-state index in [-0.39, 0.29) is 29.8 Å². The van der Waals surface area contributed by atoms with E-state index >= 15 is 0 Å². The third kappa shape index (κ3) is 4.70. The van der Waals surface area contributed by atoms with E-state index in [1.807, 2.05) is 24.3 Å². The lowest BCUT2D eigenvalue weighted by Crippen LogP contribution is -2.34. The first-order valence-electron chi connectivity index (χ1n) is 8.69. The fourth-order valence-corrected chi connectivity index (χ4v) is 4.24. The van der Waals surface area contributed by atoms with E-state index in [1.54, 1.807) is 0 Å². The van der Waals surface area contributed by atoms with E-state index < -0.39 is 21.7 Å². The van der Waals surface area contributed by atoms with Gasteiger partial charge in [0.05, 0.1) is 10.9 Å². The second-order valence-electron chi connectivity index (χ2n) is 6.43. The van der Waals surface area contributed by atoms with Crippen LogP contribution in [0.1, 0.15) is 36.4 Å². The van der Waals surface area contributed by atoms with Crippen molar-refractivity contribution in [2.24, 2.45) is 0 Å². The molecule has 3 rings (SSSR count). The summed E-state index contributed by atoms with van der Waals surface area (Å²) >= 11 is 0. The fraction of sp³-hybridized carbons (Fsp3) is 0.316. The third-order valence-corrected chi connectivity index (χ3v) is 6.01. The normalized spacial score (nSPS) is 16.6. The van der Waals surface area contributed by atoms with Crippen molar-refractivity contribution in [3.8, 4) is 0 Å². The smallest absolute Gasteiger partial charge is 0.240 e. The third-order valence-electron chi connectivity index (χ3n) is 4.55. The van der Waals surface area contributed by atoms with Crippen LogP contribution in [0, 0.1) is 11.6 Å². The maximum Gasteiger partial charge on any atom is 0.240 e. The van der Waals surface area contributed by atoms with Crippen molar-refractivity contribution in [1.82, 2.24) is 10.0 Å². The predicted molar refractivity (Wildman–Crippen MR) is 96.4 cm³/mol. The molecule has 1 aliphatic rings. The Hall–Kier alpha value is -2.32. The Morgan fingerprint density at radius 3 is 2.67 bits per heavy atom. The van der Waals surface area contributed by atoms with E-state index in [4.69, 9.17) is 0 Å². The molecule has 8 heteroatoms. The zero-order chi connectivity index (χ0) is 19.4. The number of halogens is 2. The van der Waals surface area contributed by atoms with Gasteiger partial charge in [0.25, 0.3) is 0 Å². The van der Waals surface area contributed by atoms with Gasteiger partial charge in [-0.05, 0) is 48.6 Å². The van der Waals surface area contributed by atoms with Gasteiger partial charge < -0.3 is 5.32 Å². The minimum Gasteiger partial charge on any atom is -0.349 e. The molecule has 1 aliphatic carbocycles. The molecule has 1 amide bonds. The molecule has 0 radical (unpaired) electrons. The Labute approximate surface area is 156 Å². The molecule has 144 valence electrons. The van der Waals surface area contributed by atoms with Gasteiger partial charge in [0.1, 0.15) is 0 Å². The number of carbonyl (C=O) groups excluding carboxylic acids is 1. The molecule has 2 N–H and O–H groups in total. The number of nitrogens with one attached hydrogen (secondary N) is 2. The zero-order valence-corrected chi connectivity index (χ0v) is 15.4. The lowest BCUT2D eigenvalue weighted by atomic mass is 9.88. The molecular weight excluding hydrogens is 374 g/mol. The van der Waals surface area contributed by atoms with Gasteiger partial charge in [0, 0.05) is 13.0 Å². The molecule has 0 saturated heterocycles. The summed E-state index contributed by atoms with van der Waals surface area (Å²) in [5.74, 6) is -2.64. The van der Waals surface area contributed by atoms with Crippen molar-refractivity contribution < 1.29 is 22.0 Å². The molecule has 0 saturated carbocycles. The molecule has 0 heterocycles. The minimum atomic E-state index is -4.01. The highest BCUT2D eigenvalue weighted by atomic mass is 32.2. The summed E-state index contributed by atoms with van der Waals surface area (Å²) in [6.07, 6.45) is 2.74. The first kappa shape index (κ1) is 19.4. The number of hydrogen-bond donors (Lipinski definition) is 2. The first-order chi connectivity index (χ1) is 12.9. The molecule has 0 spiro atoms. The summed E-state index contributed by atoms with van der Waals surface area (Å²) in [4.78, 5) is 11.8. The van der Waals surface area contributed by atoms with Gasteiger partial charge >= 0.3 is 0 Å². The van der Waals surface area contributed by atoms with E-state index in [0.29, 0.717) is 6.07 Å². The first-order valence-corrected chi connectivity index (χ1v) is 10.2. The van der Waals surface area contributed by atoms with E-state index in [1.165, 1.54) is 5.56 Å². The van der Waals surface area contributed by atoms with Crippen LogP contribution in [0.15, 0.2) is 47.4 Å². The average molecular weight is 394 g/mol. The Bertz CT molecular complexity index is 948. The maximum atomic E-state index is 13.2. The highest BCUT2D eigenvalue weighted by Crippen LogP contribution is 2.29. The molecule has 1 atom stereocenters. The van der Waals surface area contributed by atoms with Gasteiger partial charge in [-0.2, -0.15) is 0 Å². The van der Waals surface area contributed by atoms with Crippen LogP contribution in [-0.4, -0.2) is 20.9 Å². The van der Waals surface area contributed by atoms with E-state index in [9.17, 15) is 22.0 Å². The minimum absolute atomic E-state index is 0.0540. The summed E-state index contributed by atoms with van der Waals surface area (Å²) in [6, 6.07) is 10.2. The second-order valence-corrected chi connectivity index (χ2v) is 8.20. The number of fused-ring (bicyclic) bond motifs is 1. The van der Waals surface area contributed by atoms with Crippen LogP contribution in [0.25, 0.3) is 0 Å². The molecule has 5 nitrogen and oxygen atoms in total. The van der Waals surface area contributed by atoms with Crippen LogP contribution in [-0.2, 0) is 21.2 Å². The van der Waals surface area contributed by atoms with Crippen LogP contribution < -0.4 is 10.0 Å². The number of carbonyl (C=O) groups is 1.